The summed E-state index contributed by atoms with van der Waals surface area (Å²) < 4.78 is 5.50. The van der Waals surface area contributed by atoms with Crippen molar-refractivity contribution in [3.8, 4) is 0 Å². The Morgan fingerprint density at radius 2 is 1.94 bits per heavy atom. The van der Waals surface area contributed by atoms with Gasteiger partial charge in [0.25, 0.3) is 0 Å². The van der Waals surface area contributed by atoms with E-state index in [1.54, 1.807) is 0 Å². The molecule has 1 aliphatic heterocycles. The summed E-state index contributed by atoms with van der Waals surface area (Å²) >= 11 is 0. The molecular weight excluding hydrogens is 240 g/mol. The minimum Gasteiger partial charge on any atom is -0.365 e. The van der Waals surface area contributed by atoms with Crippen molar-refractivity contribution < 1.29 is 9.84 Å². The van der Waals surface area contributed by atoms with Gasteiger partial charge in [-0.3, -0.25) is 0 Å². The Hall–Kier alpha value is -0.903. The Morgan fingerprint density at radius 3 is 2.56 bits per heavy atom. The Bertz CT molecular complexity index is 425. The van der Waals surface area contributed by atoms with Crippen LogP contribution in [0.15, 0.2) is 41.6 Å². The molecule has 1 aliphatic rings. The molecule has 0 aliphatic carbocycles. The van der Waals surface area contributed by atoms with Crippen LogP contribution in [0.25, 0.3) is 0 Å². The van der Waals surface area contributed by atoms with E-state index in [4.69, 9.17) is 4.74 Å². The lowest BCUT2D eigenvalue weighted by Gasteiger charge is -2.34. The van der Waals surface area contributed by atoms with Crippen LogP contribution in [-0.4, -0.2) is 25.6 Å². The summed E-state index contributed by atoms with van der Waals surface area (Å²) in [6.07, 6.45) is 3.27. The van der Waals surface area contributed by atoms with E-state index in [2.05, 4.69) is 50.3 Å². The first-order chi connectivity index (χ1) is 8.54. The van der Waals surface area contributed by atoms with E-state index >= 15 is 0 Å². The summed E-state index contributed by atoms with van der Waals surface area (Å²) in [6.45, 7) is 6.80. The highest BCUT2D eigenvalue weighted by molar-refractivity contribution is 6.95. The molecule has 0 saturated carbocycles. The van der Waals surface area contributed by atoms with Crippen LogP contribution < -0.4 is 5.19 Å². The number of hydrogen-bond donors (Lipinski definition) is 1. The van der Waals surface area contributed by atoms with Crippen LogP contribution in [0.1, 0.15) is 19.8 Å². The molecule has 1 heterocycles. The molecule has 0 radical (unpaired) electrons. The fourth-order valence-corrected chi connectivity index (χ4v) is 5.21. The number of hydrogen-bond acceptors (Lipinski definition) is 2. The van der Waals surface area contributed by atoms with E-state index in [1.165, 1.54) is 10.4 Å². The molecule has 0 bridgehead atoms. The summed E-state index contributed by atoms with van der Waals surface area (Å²) in [4.78, 5) is 0. The third-order valence-corrected chi connectivity index (χ3v) is 7.63. The van der Waals surface area contributed by atoms with Crippen molar-refractivity contribution in [3.05, 3.63) is 41.6 Å². The van der Waals surface area contributed by atoms with Crippen LogP contribution >= 0.6 is 0 Å². The third-order valence-electron chi connectivity index (χ3n) is 3.88. The Balaban J connectivity index is 2.29. The van der Waals surface area contributed by atoms with Gasteiger partial charge in [-0.2, -0.15) is 0 Å². The van der Waals surface area contributed by atoms with Crippen molar-refractivity contribution in [2.75, 3.05) is 0 Å². The first kappa shape index (κ1) is 13.5. The van der Waals surface area contributed by atoms with Gasteiger partial charge in [-0.1, -0.05) is 60.7 Å². The SMILES string of the molecule is CC[C@@H]1CC([Si](C)(C)c2ccccc2)=C[C@H](O)O1. The zero-order valence-corrected chi connectivity index (χ0v) is 12.4. The minimum atomic E-state index is -1.66. The van der Waals surface area contributed by atoms with Crippen LogP contribution in [0.3, 0.4) is 0 Å². The van der Waals surface area contributed by atoms with Crippen LogP contribution in [0, 0.1) is 0 Å². The van der Waals surface area contributed by atoms with Gasteiger partial charge in [0.1, 0.15) is 8.07 Å². The molecule has 0 amide bonds. The molecule has 0 aromatic heterocycles. The van der Waals surface area contributed by atoms with Gasteiger partial charge in [-0.25, -0.2) is 0 Å². The Morgan fingerprint density at radius 1 is 1.28 bits per heavy atom. The second-order valence-corrected chi connectivity index (χ2v) is 9.91. The maximum absolute atomic E-state index is 9.81. The number of aliphatic hydroxyl groups is 1. The summed E-state index contributed by atoms with van der Waals surface area (Å²) in [5.74, 6) is 0. The molecule has 1 N–H and O–H groups in total. The van der Waals surface area contributed by atoms with Gasteiger partial charge in [-0.15, -0.1) is 0 Å². The molecule has 0 unspecified atom stereocenters. The van der Waals surface area contributed by atoms with Crippen molar-refractivity contribution in [2.24, 2.45) is 0 Å². The molecule has 1 aromatic rings. The van der Waals surface area contributed by atoms with Crippen LogP contribution in [0.5, 0.6) is 0 Å². The molecule has 2 nitrogen and oxygen atoms in total. The van der Waals surface area contributed by atoms with Gasteiger partial charge >= 0.3 is 0 Å². The van der Waals surface area contributed by atoms with Crippen molar-refractivity contribution in [1.29, 1.82) is 0 Å². The fourth-order valence-electron chi connectivity index (χ4n) is 2.51. The van der Waals surface area contributed by atoms with E-state index in [0.29, 0.717) is 0 Å². The largest absolute Gasteiger partial charge is 0.365 e. The summed E-state index contributed by atoms with van der Waals surface area (Å²) in [5.41, 5.74) is 0. The zero-order valence-electron chi connectivity index (χ0n) is 11.4. The third kappa shape index (κ3) is 2.74. The lowest BCUT2D eigenvalue weighted by Crippen LogP contribution is -2.46. The molecule has 3 heteroatoms. The predicted octanol–water partition coefficient (Wildman–Crippen LogP) is 2.58. The topological polar surface area (TPSA) is 29.5 Å². The number of ether oxygens (including phenoxy) is 1. The first-order valence-corrected chi connectivity index (χ1v) is 9.64. The number of benzene rings is 1. The molecule has 0 fully saturated rings. The van der Waals surface area contributed by atoms with Crippen molar-refractivity contribution in [1.82, 2.24) is 0 Å². The lowest BCUT2D eigenvalue weighted by molar-refractivity contribution is -0.112. The summed E-state index contributed by atoms with van der Waals surface area (Å²) in [7, 11) is -1.66. The number of rotatable bonds is 3. The molecule has 2 rings (SSSR count). The average molecular weight is 262 g/mol. The summed E-state index contributed by atoms with van der Waals surface area (Å²) in [6, 6.07) is 10.6. The molecule has 0 saturated heterocycles. The lowest BCUT2D eigenvalue weighted by atomic mass is 10.1. The average Bonchev–Trinajstić information content (AvgIpc) is 2.39. The van der Waals surface area contributed by atoms with Crippen LogP contribution in [-0.2, 0) is 4.74 Å². The monoisotopic (exact) mass is 262 g/mol. The highest BCUT2D eigenvalue weighted by Gasteiger charge is 2.33. The van der Waals surface area contributed by atoms with E-state index in [1.807, 2.05) is 6.08 Å². The highest BCUT2D eigenvalue weighted by Crippen LogP contribution is 2.27. The van der Waals surface area contributed by atoms with E-state index in [0.717, 1.165) is 12.8 Å². The van der Waals surface area contributed by atoms with Gasteiger partial charge in [0.05, 0.1) is 6.10 Å². The van der Waals surface area contributed by atoms with E-state index in [9.17, 15) is 5.11 Å². The van der Waals surface area contributed by atoms with Crippen LogP contribution in [0.2, 0.25) is 13.1 Å². The number of aliphatic hydroxyl groups excluding tert-OH is 1. The van der Waals surface area contributed by atoms with Crippen LogP contribution in [0.4, 0.5) is 0 Å². The quantitative estimate of drug-likeness (QED) is 0.849. The predicted molar refractivity (Wildman–Crippen MR) is 77.4 cm³/mol. The smallest absolute Gasteiger partial charge is 0.174 e. The molecular formula is C15H22O2Si. The molecule has 0 spiro atoms. The van der Waals surface area contributed by atoms with E-state index < -0.39 is 14.4 Å². The molecule has 2 atom stereocenters. The van der Waals surface area contributed by atoms with Gasteiger partial charge in [0.2, 0.25) is 0 Å². The Labute approximate surface area is 110 Å². The van der Waals surface area contributed by atoms with Crippen molar-refractivity contribution in [2.45, 2.75) is 45.3 Å². The first-order valence-electron chi connectivity index (χ1n) is 6.64. The van der Waals surface area contributed by atoms with Crippen molar-refractivity contribution >= 4 is 13.3 Å². The summed E-state index contributed by atoms with van der Waals surface area (Å²) in [5, 5.41) is 12.6. The maximum Gasteiger partial charge on any atom is 0.174 e. The molecule has 1 aromatic carbocycles. The van der Waals surface area contributed by atoms with Gasteiger partial charge < -0.3 is 9.84 Å². The van der Waals surface area contributed by atoms with Gasteiger partial charge in [0, 0.05) is 0 Å². The maximum atomic E-state index is 9.81. The second kappa shape index (κ2) is 5.39. The standard InChI is InChI=1S/C15H22O2Si/c1-4-12-10-14(11-15(16)17-12)18(2,3)13-8-6-5-7-9-13/h5-9,11-12,15-16H,4,10H2,1-3H3/t12-,15-/m1/s1. The normalized spacial score (nSPS) is 24.8. The molecule has 98 valence electrons. The van der Waals surface area contributed by atoms with Gasteiger partial charge in [0.15, 0.2) is 6.29 Å². The zero-order chi connectivity index (χ0) is 13.2. The fraction of sp³-hybridized carbons (Fsp3) is 0.467. The molecule has 18 heavy (non-hydrogen) atoms. The Kier molecular flexibility index (Phi) is 4.05. The van der Waals surface area contributed by atoms with Gasteiger partial charge in [-0.05, 0) is 18.9 Å². The highest BCUT2D eigenvalue weighted by atomic mass is 28.3. The van der Waals surface area contributed by atoms with Crippen molar-refractivity contribution in [3.63, 3.8) is 0 Å². The van der Waals surface area contributed by atoms with E-state index in [-0.39, 0.29) is 6.10 Å². The minimum absolute atomic E-state index is 0.162. The second-order valence-electron chi connectivity index (χ2n) is 5.44.